The predicted molar refractivity (Wildman–Crippen MR) is 95.2 cm³/mol. The molecule has 0 saturated carbocycles. The molecule has 2 aromatic carbocycles. The third-order valence-corrected chi connectivity index (χ3v) is 4.01. The van der Waals surface area contributed by atoms with Gasteiger partial charge in [-0.25, -0.2) is 4.98 Å². The van der Waals surface area contributed by atoms with Gasteiger partial charge in [-0.05, 0) is 0 Å². The molecular formula is C16H12N4O4S. The molecular weight excluding hydrogens is 344 g/mol. The highest BCUT2D eigenvalue weighted by Gasteiger charge is 2.16. The molecule has 8 nitrogen and oxygen atoms in total. The lowest BCUT2D eigenvalue weighted by molar-refractivity contribution is -0.385. The maximum atomic E-state index is 10.8. The molecule has 0 aliphatic rings. The zero-order chi connectivity index (χ0) is 17.8. The zero-order valence-electron chi connectivity index (χ0n) is 12.7. The summed E-state index contributed by atoms with van der Waals surface area (Å²) in [5, 5.41) is 36.3. The van der Waals surface area contributed by atoms with Crippen LogP contribution in [0.15, 0.2) is 52.9 Å². The van der Waals surface area contributed by atoms with Gasteiger partial charge >= 0.3 is 5.69 Å². The molecule has 25 heavy (non-hydrogen) atoms. The number of hydrogen-bond acceptors (Lipinski definition) is 8. The Balaban J connectivity index is 1.75. The second-order valence-electron chi connectivity index (χ2n) is 4.93. The molecule has 3 aromatic rings. The number of nitrogens with zero attached hydrogens (tertiary/aromatic N) is 3. The fourth-order valence-electron chi connectivity index (χ4n) is 2.06. The first kappa shape index (κ1) is 16.4. The van der Waals surface area contributed by atoms with Crippen molar-refractivity contribution < 1.29 is 15.1 Å². The molecule has 0 fully saturated rings. The predicted octanol–water partition coefficient (Wildman–Crippen LogP) is 3.58. The Hall–Kier alpha value is -3.46. The van der Waals surface area contributed by atoms with Gasteiger partial charge in [-0.2, -0.15) is 5.10 Å². The van der Waals surface area contributed by atoms with Crippen LogP contribution in [0.2, 0.25) is 0 Å². The van der Waals surface area contributed by atoms with Gasteiger partial charge in [0.2, 0.25) is 5.13 Å². The molecule has 0 amide bonds. The topological polar surface area (TPSA) is 121 Å². The monoisotopic (exact) mass is 356 g/mol. The van der Waals surface area contributed by atoms with Crippen LogP contribution in [0.1, 0.15) is 5.56 Å². The van der Waals surface area contributed by atoms with Gasteiger partial charge in [-0.3, -0.25) is 15.5 Å². The number of hydrogen-bond donors (Lipinski definition) is 3. The summed E-state index contributed by atoms with van der Waals surface area (Å²) < 4.78 is 0. The van der Waals surface area contributed by atoms with E-state index in [0.29, 0.717) is 5.13 Å². The fourth-order valence-corrected chi connectivity index (χ4v) is 2.72. The highest BCUT2D eigenvalue weighted by Crippen LogP contribution is 2.32. The Labute approximate surface area is 145 Å². The average molecular weight is 356 g/mol. The van der Waals surface area contributed by atoms with E-state index in [0.717, 1.165) is 23.4 Å². The van der Waals surface area contributed by atoms with Gasteiger partial charge in [0.25, 0.3) is 0 Å². The molecule has 3 rings (SSSR count). The second-order valence-corrected chi connectivity index (χ2v) is 5.79. The van der Waals surface area contributed by atoms with E-state index in [-0.39, 0.29) is 11.3 Å². The first-order valence-electron chi connectivity index (χ1n) is 7.05. The molecule has 126 valence electrons. The fraction of sp³-hybridized carbons (Fsp3) is 0. The highest BCUT2D eigenvalue weighted by molar-refractivity contribution is 7.14. The molecule has 3 N–H and O–H groups in total. The number of aromatic hydroxyl groups is 2. The van der Waals surface area contributed by atoms with Gasteiger partial charge < -0.3 is 10.2 Å². The van der Waals surface area contributed by atoms with Crippen LogP contribution in [0.3, 0.4) is 0 Å². The minimum atomic E-state index is -0.744. The van der Waals surface area contributed by atoms with Crippen LogP contribution in [0, 0.1) is 10.1 Å². The van der Waals surface area contributed by atoms with E-state index >= 15 is 0 Å². The summed E-state index contributed by atoms with van der Waals surface area (Å²) in [5.74, 6) is -0.933. The molecule has 0 atom stereocenters. The molecule has 9 heteroatoms. The lowest BCUT2D eigenvalue weighted by Gasteiger charge is -2.01. The van der Waals surface area contributed by atoms with Gasteiger partial charge in [-0.15, -0.1) is 11.3 Å². The number of nitro benzene ring substituents is 1. The van der Waals surface area contributed by atoms with Crippen molar-refractivity contribution in [3.63, 3.8) is 0 Å². The van der Waals surface area contributed by atoms with Crippen LogP contribution in [-0.2, 0) is 0 Å². The second kappa shape index (κ2) is 6.97. The number of phenolic OH excluding ortho intramolecular Hbond substituents is 2. The number of nitro groups is 1. The van der Waals surface area contributed by atoms with E-state index in [4.69, 9.17) is 0 Å². The van der Waals surface area contributed by atoms with E-state index in [1.54, 1.807) is 0 Å². The van der Waals surface area contributed by atoms with Gasteiger partial charge in [0.1, 0.15) is 5.75 Å². The van der Waals surface area contributed by atoms with Crippen LogP contribution in [-0.4, -0.2) is 26.3 Å². The third kappa shape index (κ3) is 3.72. The molecule has 0 spiro atoms. The molecule has 1 heterocycles. The summed E-state index contributed by atoms with van der Waals surface area (Å²) in [6.45, 7) is 0. The highest BCUT2D eigenvalue weighted by atomic mass is 32.1. The number of anilines is 1. The third-order valence-electron chi connectivity index (χ3n) is 3.26. The van der Waals surface area contributed by atoms with Gasteiger partial charge in [0, 0.05) is 28.6 Å². The van der Waals surface area contributed by atoms with Crippen LogP contribution in [0.4, 0.5) is 10.8 Å². The average Bonchev–Trinajstić information content (AvgIpc) is 3.06. The lowest BCUT2D eigenvalue weighted by atomic mass is 10.2. The molecule has 0 aliphatic carbocycles. The van der Waals surface area contributed by atoms with Gasteiger partial charge in [0.05, 0.1) is 16.8 Å². The van der Waals surface area contributed by atoms with Crippen LogP contribution < -0.4 is 5.43 Å². The molecule has 0 saturated heterocycles. The van der Waals surface area contributed by atoms with Crippen LogP contribution in [0.5, 0.6) is 11.5 Å². The summed E-state index contributed by atoms with van der Waals surface area (Å²) in [6, 6.07) is 11.6. The number of aromatic nitrogens is 1. The molecule has 0 unspecified atom stereocenters. The maximum absolute atomic E-state index is 10.8. The minimum Gasteiger partial charge on any atom is -0.507 e. The quantitative estimate of drug-likeness (QED) is 0.365. The summed E-state index contributed by atoms with van der Waals surface area (Å²) in [7, 11) is 0. The Bertz CT molecular complexity index is 941. The van der Waals surface area contributed by atoms with E-state index < -0.39 is 16.4 Å². The number of rotatable bonds is 5. The van der Waals surface area contributed by atoms with E-state index in [2.05, 4.69) is 15.5 Å². The first-order valence-corrected chi connectivity index (χ1v) is 7.93. The van der Waals surface area contributed by atoms with Crippen molar-refractivity contribution in [1.29, 1.82) is 0 Å². The zero-order valence-corrected chi connectivity index (χ0v) is 13.5. The minimum absolute atomic E-state index is 0.0943. The van der Waals surface area contributed by atoms with E-state index in [1.807, 2.05) is 35.7 Å². The summed E-state index contributed by atoms with van der Waals surface area (Å²) >= 11 is 1.35. The van der Waals surface area contributed by atoms with Crippen molar-refractivity contribution in [3.8, 4) is 22.8 Å². The van der Waals surface area contributed by atoms with Crippen molar-refractivity contribution in [2.75, 3.05) is 5.43 Å². The van der Waals surface area contributed by atoms with Gasteiger partial charge in [-0.1, -0.05) is 30.3 Å². The summed E-state index contributed by atoms with van der Waals surface area (Å²) in [4.78, 5) is 14.4. The molecule has 1 aromatic heterocycles. The number of phenols is 2. The van der Waals surface area contributed by atoms with E-state index in [1.165, 1.54) is 17.6 Å². The van der Waals surface area contributed by atoms with Crippen molar-refractivity contribution in [1.82, 2.24) is 4.98 Å². The lowest BCUT2D eigenvalue weighted by Crippen LogP contribution is -1.94. The normalized spacial score (nSPS) is 10.9. The van der Waals surface area contributed by atoms with Crippen molar-refractivity contribution in [2.24, 2.45) is 5.10 Å². The van der Waals surface area contributed by atoms with Crippen LogP contribution >= 0.6 is 11.3 Å². The summed E-state index contributed by atoms with van der Waals surface area (Å²) in [6.07, 6.45) is 1.21. The number of thiazole rings is 1. The Kier molecular flexibility index (Phi) is 4.57. The van der Waals surface area contributed by atoms with Crippen molar-refractivity contribution >= 4 is 28.4 Å². The Morgan fingerprint density at radius 2 is 1.96 bits per heavy atom. The SMILES string of the molecule is O=[N+]([O-])c1cc(C=NNc2nc(-c3ccccc3)cs2)c(O)cc1O. The standard InChI is InChI=1S/C16H12N4O4S/c21-14-7-15(22)13(20(23)24)6-11(14)8-17-19-16-18-12(9-25-16)10-4-2-1-3-5-10/h1-9,21-22H,(H,18,19). The number of hydrazone groups is 1. The summed E-state index contributed by atoms with van der Waals surface area (Å²) in [5.41, 5.74) is 4.06. The maximum Gasteiger partial charge on any atom is 0.311 e. The number of nitrogens with one attached hydrogen (secondary N) is 1. The number of benzene rings is 2. The Morgan fingerprint density at radius 3 is 2.68 bits per heavy atom. The first-order chi connectivity index (χ1) is 12.0. The van der Waals surface area contributed by atoms with Crippen molar-refractivity contribution in [3.05, 3.63) is 63.5 Å². The smallest absolute Gasteiger partial charge is 0.311 e. The van der Waals surface area contributed by atoms with Crippen molar-refractivity contribution in [2.45, 2.75) is 0 Å². The Morgan fingerprint density at radius 1 is 1.20 bits per heavy atom. The molecule has 0 bridgehead atoms. The van der Waals surface area contributed by atoms with Gasteiger partial charge in [0.15, 0.2) is 5.75 Å². The van der Waals surface area contributed by atoms with Crippen LogP contribution in [0.25, 0.3) is 11.3 Å². The molecule has 0 radical (unpaired) electrons. The largest absolute Gasteiger partial charge is 0.507 e. The molecule has 0 aliphatic heterocycles. The van der Waals surface area contributed by atoms with E-state index in [9.17, 15) is 20.3 Å².